The first-order chi connectivity index (χ1) is 13.5. The topological polar surface area (TPSA) is 89.2 Å². The number of carboxylic acid groups (broad SMARTS) is 1. The lowest BCUT2D eigenvalue weighted by molar-refractivity contribution is -0.137. The van der Waals surface area contributed by atoms with Gasteiger partial charge in [-0.15, -0.1) is 0 Å². The molecule has 2 heterocycles. The number of nitrogens with zero attached hydrogens (tertiary/aromatic N) is 1. The highest BCUT2D eigenvalue weighted by Gasteiger charge is 2.29. The SMILES string of the molecule is Cc1oc(C(=O)N(CCC(=O)O)C2CCOCC2)cc1COc1ccccc1. The Labute approximate surface area is 163 Å². The van der Waals surface area contributed by atoms with Crippen LogP contribution in [-0.4, -0.2) is 47.7 Å². The maximum absolute atomic E-state index is 13.1. The first-order valence-electron chi connectivity index (χ1n) is 9.42. The lowest BCUT2D eigenvalue weighted by Gasteiger charge is -2.33. The third kappa shape index (κ3) is 5.13. The first-order valence-corrected chi connectivity index (χ1v) is 9.42. The summed E-state index contributed by atoms with van der Waals surface area (Å²) >= 11 is 0. The van der Waals surface area contributed by atoms with Crippen molar-refractivity contribution in [3.8, 4) is 5.75 Å². The highest BCUT2D eigenvalue weighted by atomic mass is 16.5. The minimum Gasteiger partial charge on any atom is -0.489 e. The van der Waals surface area contributed by atoms with Crippen LogP contribution >= 0.6 is 0 Å². The molecule has 0 radical (unpaired) electrons. The normalized spacial score (nSPS) is 14.6. The van der Waals surface area contributed by atoms with Gasteiger partial charge in [0.25, 0.3) is 5.91 Å². The Kier molecular flexibility index (Phi) is 6.71. The van der Waals surface area contributed by atoms with Crippen molar-refractivity contribution in [1.29, 1.82) is 0 Å². The number of carbonyl (C=O) groups is 2. The van der Waals surface area contributed by atoms with Gasteiger partial charge >= 0.3 is 5.97 Å². The summed E-state index contributed by atoms with van der Waals surface area (Å²) < 4.78 is 16.8. The smallest absolute Gasteiger partial charge is 0.305 e. The molecule has 0 unspecified atom stereocenters. The van der Waals surface area contributed by atoms with Crippen molar-refractivity contribution >= 4 is 11.9 Å². The quantitative estimate of drug-likeness (QED) is 0.748. The summed E-state index contributed by atoms with van der Waals surface area (Å²) in [5, 5.41) is 9.04. The third-order valence-electron chi connectivity index (χ3n) is 4.83. The lowest BCUT2D eigenvalue weighted by Crippen LogP contribution is -2.44. The second-order valence-corrected chi connectivity index (χ2v) is 6.78. The number of benzene rings is 1. The number of hydrogen-bond donors (Lipinski definition) is 1. The number of amides is 1. The van der Waals surface area contributed by atoms with E-state index in [1.807, 2.05) is 30.3 Å². The number of furan rings is 1. The first kappa shape index (κ1) is 19.9. The van der Waals surface area contributed by atoms with Crippen molar-refractivity contribution in [1.82, 2.24) is 4.90 Å². The van der Waals surface area contributed by atoms with Crippen LogP contribution in [0.4, 0.5) is 0 Å². The number of ether oxygens (including phenoxy) is 2. The van der Waals surface area contributed by atoms with Gasteiger partial charge in [-0.3, -0.25) is 9.59 Å². The van der Waals surface area contributed by atoms with Crippen LogP contribution in [0.1, 0.15) is 41.1 Å². The zero-order valence-electron chi connectivity index (χ0n) is 15.9. The molecule has 1 amide bonds. The largest absolute Gasteiger partial charge is 0.489 e. The molecular weight excluding hydrogens is 362 g/mol. The summed E-state index contributed by atoms with van der Waals surface area (Å²) in [6.45, 7) is 3.35. The molecule has 1 aromatic heterocycles. The number of carbonyl (C=O) groups excluding carboxylic acids is 1. The van der Waals surface area contributed by atoms with Crippen LogP contribution in [0.5, 0.6) is 5.75 Å². The van der Waals surface area contributed by atoms with E-state index in [1.54, 1.807) is 17.9 Å². The van der Waals surface area contributed by atoms with Gasteiger partial charge < -0.3 is 23.9 Å². The molecule has 1 N–H and O–H groups in total. The Morgan fingerprint density at radius 3 is 2.61 bits per heavy atom. The van der Waals surface area contributed by atoms with Crippen LogP contribution in [0.3, 0.4) is 0 Å². The minimum absolute atomic E-state index is 0.0463. The molecule has 1 aliphatic heterocycles. The third-order valence-corrected chi connectivity index (χ3v) is 4.83. The van der Waals surface area contributed by atoms with Crippen LogP contribution in [0, 0.1) is 6.92 Å². The van der Waals surface area contributed by atoms with Crippen LogP contribution in [-0.2, 0) is 16.1 Å². The minimum atomic E-state index is -0.933. The summed E-state index contributed by atoms with van der Waals surface area (Å²) in [6.07, 6.45) is 1.27. The van der Waals surface area contributed by atoms with Gasteiger partial charge in [0, 0.05) is 31.4 Å². The molecule has 1 saturated heterocycles. The van der Waals surface area contributed by atoms with E-state index in [9.17, 15) is 9.59 Å². The predicted octanol–water partition coefficient (Wildman–Crippen LogP) is 3.26. The highest BCUT2D eigenvalue weighted by Crippen LogP contribution is 2.22. The second-order valence-electron chi connectivity index (χ2n) is 6.78. The zero-order chi connectivity index (χ0) is 19.9. The van der Waals surface area contributed by atoms with Gasteiger partial charge in [-0.05, 0) is 38.0 Å². The van der Waals surface area contributed by atoms with E-state index in [4.69, 9.17) is 19.0 Å². The molecule has 7 heteroatoms. The van der Waals surface area contributed by atoms with Crippen LogP contribution in [0.15, 0.2) is 40.8 Å². The Hall–Kier alpha value is -2.80. The Morgan fingerprint density at radius 2 is 1.93 bits per heavy atom. The van der Waals surface area contributed by atoms with E-state index >= 15 is 0 Å². The number of aryl methyl sites for hydroxylation is 1. The van der Waals surface area contributed by atoms with E-state index in [0.717, 1.165) is 11.3 Å². The molecular formula is C21H25NO6. The molecule has 0 bridgehead atoms. The van der Waals surface area contributed by atoms with E-state index in [-0.39, 0.29) is 30.7 Å². The lowest BCUT2D eigenvalue weighted by atomic mass is 10.1. The standard InChI is InChI=1S/C21H25NO6/c1-15-16(14-27-18-5-3-2-4-6-18)13-19(28-15)21(25)22(10-7-20(23)24)17-8-11-26-12-9-17/h2-6,13,17H,7-12,14H2,1H3,(H,23,24). The average molecular weight is 387 g/mol. The van der Waals surface area contributed by atoms with Gasteiger partial charge in [0.15, 0.2) is 5.76 Å². The molecule has 3 rings (SSSR count). The summed E-state index contributed by atoms with van der Waals surface area (Å²) in [6, 6.07) is 11.1. The molecule has 0 atom stereocenters. The fourth-order valence-electron chi connectivity index (χ4n) is 3.25. The van der Waals surface area contributed by atoms with Gasteiger partial charge in [0.2, 0.25) is 0 Å². The second kappa shape index (κ2) is 9.41. The van der Waals surface area contributed by atoms with Crippen molar-refractivity contribution in [3.63, 3.8) is 0 Å². The summed E-state index contributed by atoms with van der Waals surface area (Å²) in [7, 11) is 0. The van der Waals surface area contributed by atoms with Gasteiger partial charge in [0.05, 0.1) is 6.42 Å². The summed E-state index contributed by atoms with van der Waals surface area (Å²) in [4.78, 5) is 25.7. The van der Waals surface area contributed by atoms with Crippen molar-refractivity contribution in [3.05, 3.63) is 53.5 Å². The average Bonchev–Trinajstić information content (AvgIpc) is 3.08. The number of aliphatic carboxylic acids is 1. The molecule has 1 aliphatic rings. The number of hydrogen-bond acceptors (Lipinski definition) is 5. The van der Waals surface area contributed by atoms with Crippen LogP contribution in [0.2, 0.25) is 0 Å². The van der Waals surface area contributed by atoms with Crippen molar-refractivity contribution in [2.75, 3.05) is 19.8 Å². The molecule has 2 aromatic rings. The van der Waals surface area contributed by atoms with E-state index in [2.05, 4.69) is 0 Å². The zero-order valence-corrected chi connectivity index (χ0v) is 15.9. The number of para-hydroxylation sites is 1. The summed E-state index contributed by atoms with van der Waals surface area (Å²) in [5.74, 6) is 0.339. The van der Waals surface area contributed by atoms with Gasteiger partial charge in [-0.25, -0.2) is 0 Å². The fourth-order valence-corrected chi connectivity index (χ4v) is 3.25. The van der Waals surface area contributed by atoms with E-state index in [0.29, 0.717) is 38.4 Å². The summed E-state index contributed by atoms with van der Waals surface area (Å²) in [5.41, 5.74) is 0.789. The Balaban J connectivity index is 1.71. The molecule has 0 saturated carbocycles. The van der Waals surface area contributed by atoms with Gasteiger partial charge in [-0.1, -0.05) is 18.2 Å². The molecule has 28 heavy (non-hydrogen) atoms. The number of rotatable bonds is 8. The number of carboxylic acids is 1. The van der Waals surface area contributed by atoms with Crippen molar-refractivity contribution < 1.29 is 28.6 Å². The predicted molar refractivity (Wildman–Crippen MR) is 101 cm³/mol. The molecule has 0 spiro atoms. The maximum Gasteiger partial charge on any atom is 0.305 e. The Bertz CT molecular complexity index is 794. The van der Waals surface area contributed by atoms with Crippen molar-refractivity contribution in [2.45, 2.75) is 38.8 Å². The molecule has 150 valence electrons. The molecule has 1 fully saturated rings. The van der Waals surface area contributed by atoms with Crippen LogP contribution < -0.4 is 4.74 Å². The fraction of sp³-hybridized carbons (Fsp3) is 0.429. The van der Waals surface area contributed by atoms with Crippen LogP contribution in [0.25, 0.3) is 0 Å². The Morgan fingerprint density at radius 1 is 1.21 bits per heavy atom. The molecule has 7 nitrogen and oxygen atoms in total. The maximum atomic E-state index is 13.1. The molecule has 0 aliphatic carbocycles. The van der Waals surface area contributed by atoms with E-state index < -0.39 is 5.97 Å². The molecule has 1 aromatic carbocycles. The van der Waals surface area contributed by atoms with Gasteiger partial charge in [-0.2, -0.15) is 0 Å². The van der Waals surface area contributed by atoms with Crippen molar-refractivity contribution in [2.24, 2.45) is 0 Å². The van der Waals surface area contributed by atoms with E-state index in [1.165, 1.54) is 0 Å². The highest BCUT2D eigenvalue weighted by molar-refractivity contribution is 5.92. The van der Waals surface area contributed by atoms with Gasteiger partial charge in [0.1, 0.15) is 18.1 Å². The monoisotopic (exact) mass is 387 g/mol.